The molecule has 0 spiro atoms. The molecule has 176 valence electrons. The molecule has 0 bridgehead atoms. The second-order valence-corrected chi connectivity index (χ2v) is 10.1. The second kappa shape index (κ2) is 8.87. The molecule has 35 heavy (non-hydrogen) atoms. The predicted octanol–water partition coefficient (Wildman–Crippen LogP) is 4.88. The average molecular weight is 505 g/mol. The Balaban J connectivity index is 1.57. The molecule has 1 N–H and O–H groups in total. The lowest BCUT2D eigenvalue weighted by atomic mass is 9.96. The van der Waals surface area contributed by atoms with E-state index in [1.54, 1.807) is 17.4 Å². The molecule has 3 heterocycles. The molecule has 1 saturated heterocycles. The quantitative estimate of drug-likeness (QED) is 0.313. The number of amides is 2. The van der Waals surface area contributed by atoms with Gasteiger partial charge in [0.05, 0.1) is 11.3 Å². The van der Waals surface area contributed by atoms with Gasteiger partial charge in [-0.05, 0) is 99.3 Å². The lowest BCUT2D eigenvalue weighted by Gasteiger charge is -2.28. The van der Waals surface area contributed by atoms with Crippen LogP contribution in [0.1, 0.15) is 45.8 Å². The Labute approximate surface area is 211 Å². The molecule has 1 aliphatic carbocycles. The van der Waals surface area contributed by atoms with Crippen molar-refractivity contribution < 1.29 is 14.0 Å². The first-order chi connectivity index (χ1) is 16.8. The highest BCUT2D eigenvalue weighted by molar-refractivity contribution is 7.80. The number of aryl methyl sites for hydroxylation is 2. The van der Waals surface area contributed by atoms with Crippen molar-refractivity contribution in [2.45, 2.75) is 39.5 Å². The minimum Gasteiger partial charge on any atom is -0.308 e. The van der Waals surface area contributed by atoms with E-state index in [2.05, 4.69) is 11.4 Å². The van der Waals surface area contributed by atoms with Gasteiger partial charge in [-0.2, -0.15) is 5.26 Å². The lowest BCUT2D eigenvalue weighted by molar-refractivity contribution is -0.122. The van der Waals surface area contributed by atoms with Crippen LogP contribution in [0.5, 0.6) is 0 Å². The third-order valence-electron chi connectivity index (χ3n) is 6.42. The molecule has 0 radical (unpaired) electrons. The van der Waals surface area contributed by atoms with E-state index in [0.29, 0.717) is 16.8 Å². The Morgan fingerprint density at radius 2 is 1.89 bits per heavy atom. The summed E-state index contributed by atoms with van der Waals surface area (Å²) >= 11 is 6.86. The Bertz CT molecular complexity index is 1470. The van der Waals surface area contributed by atoms with E-state index >= 15 is 0 Å². The highest BCUT2D eigenvalue weighted by Crippen LogP contribution is 2.38. The van der Waals surface area contributed by atoms with E-state index in [1.165, 1.54) is 34.0 Å². The lowest BCUT2D eigenvalue weighted by Crippen LogP contribution is -2.54. The zero-order valence-electron chi connectivity index (χ0n) is 19.1. The molecule has 9 heteroatoms. The zero-order valence-corrected chi connectivity index (χ0v) is 20.8. The topological polar surface area (TPSA) is 78.1 Å². The number of halogens is 1. The van der Waals surface area contributed by atoms with Gasteiger partial charge in [0.2, 0.25) is 0 Å². The highest BCUT2D eigenvalue weighted by Gasteiger charge is 2.35. The number of nitrogens with one attached hydrogen (secondary N) is 1. The number of aromatic nitrogens is 1. The van der Waals surface area contributed by atoms with Crippen molar-refractivity contribution >= 4 is 52.2 Å². The van der Waals surface area contributed by atoms with Crippen molar-refractivity contribution in [3.05, 3.63) is 74.7 Å². The van der Waals surface area contributed by atoms with Crippen molar-refractivity contribution in [3.8, 4) is 11.1 Å². The molecule has 0 saturated carbocycles. The van der Waals surface area contributed by atoms with Gasteiger partial charge in [0.15, 0.2) is 5.11 Å². The maximum absolute atomic E-state index is 13.4. The zero-order chi connectivity index (χ0) is 24.9. The highest BCUT2D eigenvalue weighted by atomic mass is 32.1. The SMILES string of the molecule is Cc1cc(/C=C2/C(=O)NC(=S)N(c3ccc(F)cc3)C2=O)c(C)n1-c1sc2c(c1C#N)CCCC2. The van der Waals surface area contributed by atoms with Gasteiger partial charge in [0.25, 0.3) is 11.8 Å². The number of carbonyl (C=O) groups excluding carboxylic acids is 2. The van der Waals surface area contributed by atoms with Gasteiger partial charge in [-0.1, -0.05) is 0 Å². The Morgan fingerprint density at radius 3 is 2.60 bits per heavy atom. The number of benzene rings is 1. The van der Waals surface area contributed by atoms with Crippen LogP contribution >= 0.6 is 23.6 Å². The minimum absolute atomic E-state index is 0.0583. The number of nitriles is 1. The maximum Gasteiger partial charge on any atom is 0.270 e. The van der Waals surface area contributed by atoms with Gasteiger partial charge < -0.3 is 4.57 Å². The molecule has 2 amide bonds. The minimum atomic E-state index is -0.590. The summed E-state index contributed by atoms with van der Waals surface area (Å²) in [5.74, 6) is -1.62. The summed E-state index contributed by atoms with van der Waals surface area (Å²) in [6.45, 7) is 3.85. The molecule has 2 aromatic heterocycles. The first-order valence-corrected chi connectivity index (χ1v) is 12.4. The van der Waals surface area contributed by atoms with Crippen molar-refractivity contribution in [1.29, 1.82) is 5.26 Å². The standard InChI is InChI=1S/C26H21FN4O2S2/c1-14-11-16(15(2)30(14)25-21(13-28)19-5-3-4-6-22(19)35-25)12-20-23(32)29-26(34)31(24(20)33)18-9-7-17(27)8-10-18/h7-12H,3-6H2,1-2H3,(H,29,32,34)/b20-12-. The van der Waals surface area contributed by atoms with Crippen LogP contribution < -0.4 is 10.2 Å². The van der Waals surface area contributed by atoms with Crippen molar-refractivity contribution in [3.63, 3.8) is 0 Å². The van der Waals surface area contributed by atoms with E-state index in [-0.39, 0.29) is 10.7 Å². The van der Waals surface area contributed by atoms with Crippen molar-refractivity contribution in [2.24, 2.45) is 0 Å². The van der Waals surface area contributed by atoms with Crippen LogP contribution in [0, 0.1) is 31.0 Å². The summed E-state index contributed by atoms with van der Waals surface area (Å²) in [6.07, 6.45) is 5.66. The van der Waals surface area contributed by atoms with E-state index in [0.717, 1.165) is 47.6 Å². The van der Waals surface area contributed by atoms with Gasteiger partial charge in [-0.25, -0.2) is 4.39 Å². The molecule has 6 nitrogen and oxygen atoms in total. The molecule has 5 rings (SSSR count). The summed E-state index contributed by atoms with van der Waals surface area (Å²) < 4.78 is 15.4. The number of hydrogen-bond donors (Lipinski definition) is 1. The van der Waals surface area contributed by atoms with E-state index in [9.17, 15) is 19.2 Å². The Hall–Kier alpha value is -3.61. The fourth-order valence-electron chi connectivity index (χ4n) is 4.71. The maximum atomic E-state index is 13.4. The van der Waals surface area contributed by atoms with Crippen molar-refractivity contribution in [1.82, 2.24) is 9.88 Å². The van der Waals surface area contributed by atoms with Crippen LogP contribution in [-0.4, -0.2) is 21.5 Å². The summed E-state index contributed by atoms with van der Waals surface area (Å²) in [7, 11) is 0. The molecular weight excluding hydrogens is 483 g/mol. The number of rotatable bonds is 3. The molecule has 1 aliphatic heterocycles. The second-order valence-electron chi connectivity index (χ2n) is 8.60. The average Bonchev–Trinajstić information content (AvgIpc) is 3.33. The first kappa shape index (κ1) is 23.1. The van der Waals surface area contributed by atoms with Crippen LogP contribution in [0.4, 0.5) is 10.1 Å². The van der Waals surface area contributed by atoms with Gasteiger partial charge in [0.1, 0.15) is 22.5 Å². The normalized spacial score (nSPS) is 16.9. The molecule has 3 aromatic rings. The van der Waals surface area contributed by atoms with Gasteiger partial charge >= 0.3 is 0 Å². The molecule has 1 fully saturated rings. The Morgan fingerprint density at radius 1 is 1.17 bits per heavy atom. The monoisotopic (exact) mass is 504 g/mol. The number of hydrogen-bond acceptors (Lipinski definition) is 5. The van der Waals surface area contributed by atoms with Crippen LogP contribution in [-0.2, 0) is 22.4 Å². The largest absolute Gasteiger partial charge is 0.308 e. The van der Waals surface area contributed by atoms with Gasteiger partial charge in [-0.15, -0.1) is 11.3 Å². The molecular formula is C26H21FN4O2S2. The fraction of sp³-hybridized carbons (Fsp3) is 0.231. The third-order valence-corrected chi connectivity index (χ3v) is 7.99. The van der Waals surface area contributed by atoms with E-state index in [1.807, 2.05) is 24.5 Å². The van der Waals surface area contributed by atoms with Gasteiger partial charge in [0, 0.05) is 16.3 Å². The predicted molar refractivity (Wildman–Crippen MR) is 137 cm³/mol. The number of fused-ring (bicyclic) bond motifs is 1. The fourth-order valence-corrected chi connectivity index (χ4v) is 6.44. The smallest absolute Gasteiger partial charge is 0.270 e. The summed E-state index contributed by atoms with van der Waals surface area (Å²) in [6, 6.07) is 9.63. The summed E-state index contributed by atoms with van der Waals surface area (Å²) in [5.41, 5.74) is 4.57. The molecule has 0 atom stereocenters. The first-order valence-electron chi connectivity index (χ1n) is 11.2. The molecule has 0 unspecified atom stereocenters. The van der Waals surface area contributed by atoms with Crippen LogP contribution in [0.3, 0.4) is 0 Å². The number of carbonyl (C=O) groups is 2. The molecule has 1 aromatic carbocycles. The number of nitrogens with zero attached hydrogens (tertiary/aromatic N) is 3. The summed E-state index contributed by atoms with van der Waals surface area (Å²) in [5, 5.41) is 13.3. The number of thiophene rings is 1. The van der Waals surface area contributed by atoms with Crippen LogP contribution in [0.2, 0.25) is 0 Å². The molecule has 2 aliphatic rings. The van der Waals surface area contributed by atoms with Gasteiger partial charge in [-0.3, -0.25) is 19.8 Å². The van der Waals surface area contributed by atoms with Crippen LogP contribution in [0.25, 0.3) is 11.1 Å². The van der Waals surface area contributed by atoms with Crippen LogP contribution in [0.15, 0.2) is 35.9 Å². The van der Waals surface area contributed by atoms with E-state index < -0.39 is 17.6 Å². The summed E-state index contributed by atoms with van der Waals surface area (Å²) in [4.78, 5) is 28.5. The van der Waals surface area contributed by atoms with E-state index in [4.69, 9.17) is 12.2 Å². The number of anilines is 1. The third kappa shape index (κ3) is 3.89. The number of thiocarbonyl (C=S) groups is 1. The van der Waals surface area contributed by atoms with Crippen molar-refractivity contribution in [2.75, 3.05) is 4.90 Å². The Kier molecular flexibility index (Phi) is 5.87.